The van der Waals surface area contributed by atoms with Crippen LogP contribution in [-0.4, -0.2) is 50.4 Å². The van der Waals surface area contributed by atoms with E-state index in [0.29, 0.717) is 12.2 Å². The quantitative estimate of drug-likeness (QED) is 0.892. The molecule has 120 valence electrons. The van der Waals surface area contributed by atoms with E-state index < -0.39 is 11.7 Å². The van der Waals surface area contributed by atoms with E-state index in [1.165, 1.54) is 23.1 Å². The molecule has 2 rings (SSSR count). The third-order valence-corrected chi connectivity index (χ3v) is 3.86. The van der Waals surface area contributed by atoms with Gasteiger partial charge in [-0.1, -0.05) is 11.6 Å². The van der Waals surface area contributed by atoms with Gasteiger partial charge in [0.25, 0.3) is 0 Å². The Labute approximate surface area is 134 Å². The fourth-order valence-electron chi connectivity index (χ4n) is 2.33. The molecule has 1 aromatic carbocycles. The highest BCUT2D eigenvalue weighted by atomic mass is 35.5. The van der Waals surface area contributed by atoms with Crippen LogP contribution in [0.4, 0.5) is 10.1 Å². The highest BCUT2D eigenvalue weighted by molar-refractivity contribution is 6.31. The van der Waals surface area contributed by atoms with E-state index in [0.717, 1.165) is 6.54 Å². The Kier molecular flexibility index (Phi) is 5.37. The van der Waals surface area contributed by atoms with Gasteiger partial charge in [-0.25, -0.2) is 4.39 Å². The lowest BCUT2D eigenvalue weighted by atomic mass is 10.1. The normalized spacial score (nSPS) is 18.1. The third kappa shape index (κ3) is 3.96. The summed E-state index contributed by atoms with van der Waals surface area (Å²) in [7, 11) is 3.84. The predicted molar refractivity (Wildman–Crippen MR) is 83.4 cm³/mol. The topological polar surface area (TPSA) is 52.7 Å². The molecule has 0 bridgehead atoms. The second-order valence-electron chi connectivity index (χ2n) is 5.60. The lowest BCUT2D eigenvalue weighted by molar-refractivity contribution is -0.126. The summed E-state index contributed by atoms with van der Waals surface area (Å²) in [6.07, 6.45) is 0.156. The minimum atomic E-state index is -0.532. The number of nitrogens with one attached hydrogen (secondary N) is 1. The Bertz CT molecular complexity index is 580. The summed E-state index contributed by atoms with van der Waals surface area (Å²) in [6, 6.07) is 4.11. The van der Waals surface area contributed by atoms with Crippen LogP contribution < -0.4 is 10.2 Å². The van der Waals surface area contributed by atoms with Gasteiger partial charge in [0, 0.05) is 31.7 Å². The molecule has 1 aromatic rings. The SMILES string of the molecule is CN(C)CCNC(=O)[C@H]1CC(=O)N(c2ccc(F)c(Cl)c2)C1. The number of carbonyl (C=O) groups excluding carboxylic acids is 2. The number of hydrogen-bond acceptors (Lipinski definition) is 3. The summed E-state index contributed by atoms with van der Waals surface area (Å²) in [4.78, 5) is 27.6. The van der Waals surface area contributed by atoms with E-state index in [1.807, 2.05) is 19.0 Å². The molecule has 1 aliphatic rings. The Balaban J connectivity index is 1.98. The second kappa shape index (κ2) is 7.07. The lowest BCUT2D eigenvalue weighted by Crippen LogP contribution is -2.36. The standard InChI is InChI=1S/C15H19ClFN3O2/c1-19(2)6-5-18-15(22)10-7-14(21)20(9-10)11-3-4-13(17)12(16)8-11/h3-4,8,10H,5-7,9H2,1-2H3,(H,18,22)/t10-/m0/s1. The van der Waals surface area contributed by atoms with Gasteiger partial charge in [0.15, 0.2) is 0 Å². The van der Waals surface area contributed by atoms with Gasteiger partial charge in [0.05, 0.1) is 10.9 Å². The molecule has 2 amide bonds. The highest BCUT2D eigenvalue weighted by Crippen LogP contribution is 2.28. The van der Waals surface area contributed by atoms with Crippen molar-refractivity contribution in [1.82, 2.24) is 10.2 Å². The van der Waals surface area contributed by atoms with E-state index >= 15 is 0 Å². The number of anilines is 1. The van der Waals surface area contributed by atoms with Crippen molar-refractivity contribution in [3.8, 4) is 0 Å². The molecule has 22 heavy (non-hydrogen) atoms. The third-order valence-electron chi connectivity index (χ3n) is 3.57. The summed E-state index contributed by atoms with van der Waals surface area (Å²) in [5.41, 5.74) is 0.514. The summed E-state index contributed by atoms with van der Waals surface area (Å²) in [5, 5.41) is 2.79. The molecular weight excluding hydrogens is 309 g/mol. The van der Waals surface area contributed by atoms with Gasteiger partial charge < -0.3 is 15.1 Å². The minimum Gasteiger partial charge on any atom is -0.355 e. The summed E-state index contributed by atoms with van der Waals surface area (Å²) < 4.78 is 13.2. The van der Waals surface area contributed by atoms with Crippen molar-refractivity contribution in [1.29, 1.82) is 0 Å². The van der Waals surface area contributed by atoms with Crippen LogP contribution in [0, 0.1) is 11.7 Å². The molecule has 1 aliphatic heterocycles. The Morgan fingerprint density at radius 3 is 2.86 bits per heavy atom. The smallest absolute Gasteiger partial charge is 0.227 e. The van der Waals surface area contributed by atoms with Crippen molar-refractivity contribution < 1.29 is 14.0 Å². The van der Waals surface area contributed by atoms with Gasteiger partial charge in [-0.15, -0.1) is 0 Å². The van der Waals surface area contributed by atoms with Crippen LogP contribution in [0.25, 0.3) is 0 Å². The molecule has 0 aliphatic carbocycles. The Morgan fingerprint density at radius 2 is 2.23 bits per heavy atom. The number of nitrogens with zero attached hydrogens (tertiary/aromatic N) is 2. The van der Waals surface area contributed by atoms with Gasteiger partial charge in [-0.2, -0.15) is 0 Å². The van der Waals surface area contributed by atoms with Crippen molar-refractivity contribution in [2.24, 2.45) is 5.92 Å². The van der Waals surface area contributed by atoms with Gasteiger partial charge >= 0.3 is 0 Å². The molecule has 1 fully saturated rings. The van der Waals surface area contributed by atoms with Crippen molar-refractivity contribution in [2.45, 2.75) is 6.42 Å². The Hall–Kier alpha value is -1.66. The first-order valence-electron chi connectivity index (χ1n) is 7.06. The van der Waals surface area contributed by atoms with Gasteiger partial charge in [0.2, 0.25) is 11.8 Å². The highest BCUT2D eigenvalue weighted by Gasteiger charge is 2.35. The molecule has 7 heteroatoms. The first kappa shape index (κ1) is 16.7. The van der Waals surface area contributed by atoms with Crippen molar-refractivity contribution in [3.63, 3.8) is 0 Å². The first-order valence-corrected chi connectivity index (χ1v) is 7.44. The van der Waals surface area contributed by atoms with Crippen molar-refractivity contribution >= 4 is 29.1 Å². The fourth-order valence-corrected chi connectivity index (χ4v) is 2.51. The second-order valence-corrected chi connectivity index (χ2v) is 6.01. The zero-order valence-corrected chi connectivity index (χ0v) is 13.4. The summed E-state index contributed by atoms with van der Waals surface area (Å²) in [5.74, 6) is -1.21. The molecule has 0 spiro atoms. The maximum atomic E-state index is 13.2. The minimum absolute atomic E-state index is 0.0378. The summed E-state index contributed by atoms with van der Waals surface area (Å²) >= 11 is 5.74. The van der Waals surface area contributed by atoms with Gasteiger partial charge in [0.1, 0.15) is 5.82 Å². The maximum absolute atomic E-state index is 13.2. The van der Waals surface area contributed by atoms with Crippen LogP contribution in [0.2, 0.25) is 5.02 Å². The van der Waals surface area contributed by atoms with E-state index in [4.69, 9.17) is 11.6 Å². The van der Waals surface area contributed by atoms with Crippen LogP contribution in [0.5, 0.6) is 0 Å². The van der Waals surface area contributed by atoms with Gasteiger partial charge in [-0.3, -0.25) is 9.59 Å². The lowest BCUT2D eigenvalue weighted by Gasteiger charge is -2.17. The average Bonchev–Trinajstić information content (AvgIpc) is 2.83. The maximum Gasteiger partial charge on any atom is 0.227 e. The number of carbonyl (C=O) groups is 2. The van der Waals surface area contributed by atoms with Crippen molar-refractivity contribution in [2.75, 3.05) is 38.6 Å². The number of hydrogen-bond donors (Lipinski definition) is 1. The van der Waals surface area contributed by atoms with E-state index in [9.17, 15) is 14.0 Å². The molecule has 1 atom stereocenters. The van der Waals surface area contributed by atoms with E-state index in [2.05, 4.69) is 5.32 Å². The molecule has 0 aromatic heterocycles. The van der Waals surface area contributed by atoms with Crippen LogP contribution in [0.1, 0.15) is 6.42 Å². The molecule has 1 saturated heterocycles. The molecule has 5 nitrogen and oxygen atoms in total. The Morgan fingerprint density at radius 1 is 1.50 bits per heavy atom. The predicted octanol–water partition coefficient (Wildman–Crippen LogP) is 1.51. The van der Waals surface area contributed by atoms with Gasteiger partial charge in [-0.05, 0) is 32.3 Å². The van der Waals surface area contributed by atoms with Crippen LogP contribution in [-0.2, 0) is 9.59 Å². The van der Waals surface area contributed by atoms with Crippen LogP contribution in [0.15, 0.2) is 18.2 Å². The molecule has 1 N–H and O–H groups in total. The number of likely N-dealkylation sites (N-methyl/N-ethyl adjacent to an activating group) is 1. The number of benzene rings is 1. The van der Waals surface area contributed by atoms with E-state index in [1.54, 1.807) is 0 Å². The number of rotatable bonds is 5. The van der Waals surface area contributed by atoms with Crippen molar-refractivity contribution in [3.05, 3.63) is 29.0 Å². The van der Waals surface area contributed by atoms with Crippen LogP contribution >= 0.6 is 11.6 Å². The average molecular weight is 328 g/mol. The largest absolute Gasteiger partial charge is 0.355 e. The first-order chi connectivity index (χ1) is 10.4. The molecule has 0 radical (unpaired) electrons. The zero-order chi connectivity index (χ0) is 16.3. The molecular formula is C15H19ClFN3O2. The monoisotopic (exact) mass is 327 g/mol. The number of amides is 2. The molecule has 0 unspecified atom stereocenters. The summed E-state index contributed by atoms with van der Waals surface area (Å²) in [6.45, 7) is 1.57. The van der Waals surface area contributed by atoms with E-state index in [-0.39, 0.29) is 29.8 Å². The number of halogens is 2. The zero-order valence-electron chi connectivity index (χ0n) is 12.6. The molecule has 1 heterocycles. The van der Waals surface area contributed by atoms with Crippen LogP contribution in [0.3, 0.4) is 0 Å². The molecule has 0 saturated carbocycles. The fraction of sp³-hybridized carbons (Fsp3) is 0.467.